The zero-order valence-electron chi connectivity index (χ0n) is 11.4. The standard InChI is InChI=1S/C14H20N2OS.ClH/c1-3-14(8-5-9-15-14)13(17)16-11-6-4-7-12(10-11)18-2;/h4,6-7,10,15H,3,5,8-9H2,1-2H3,(H,16,17);1H. The van der Waals surface area contributed by atoms with Crippen molar-refractivity contribution >= 4 is 35.8 Å². The number of nitrogens with one attached hydrogen (secondary N) is 2. The molecule has 3 nitrogen and oxygen atoms in total. The number of benzene rings is 1. The molecule has 0 spiro atoms. The van der Waals surface area contributed by atoms with Crippen LogP contribution in [0.3, 0.4) is 0 Å². The Bertz CT molecular complexity index is 433. The van der Waals surface area contributed by atoms with Crippen molar-refractivity contribution in [3.63, 3.8) is 0 Å². The summed E-state index contributed by atoms with van der Waals surface area (Å²) in [7, 11) is 0. The Kier molecular flexibility index (Phi) is 6.17. The SMILES string of the molecule is CCC1(C(=O)Nc2cccc(SC)c2)CCCN1.Cl. The first-order valence-corrected chi connectivity index (χ1v) is 7.63. The summed E-state index contributed by atoms with van der Waals surface area (Å²) < 4.78 is 0. The Morgan fingerprint density at radius 1 is 1.53 bits per heavy atom. The van der Waals surface area contributed by atoms with E-state index in [-0.39, 0.29) is 23.9 Å². The number of carbonyl (C=O) groups excluding carboxylic acids is 1. The smallest absolute Gasteiger partial charge is 0.244 e. The van der Waals surface area contributed by atoms with Crippen LogP contribution in [-0.2, 0) is 4.79 Å². The van der Waals surface area contributed by atoms with Gasteiger partial charge in [0.25, 0.3) is 0 Å². The van der Waals surface area contributed by atoms with Crippen LogP contribution in [0.25, 0.3) is 0 Å². The predicted octanol–water partition coefficient (Wildman–Crippen LogP) is 3.30. The molecular weight excluding hydrogens is 280 g/mol. The van der Waals surface area contributed by atoms with Gasteiger partial charge >= 0.3 is 0 Å². The van der Waals surface area contributed by atoms with Crippen LogP contribution >= 0.6 is 24.2 Å². The van der Waals surface area contributed by atoms with E-state index in [1.165, 1.54) is 0 Å². The lowest BCUT2D eigenvalue weighted by Crippen LogP contribution is -2.50. The van der Waals surface area contributed by atoms with Crippen molar-refractivity contribution in [1.29, 1.82) is 0 Å². The van der Waals surface area contributed by atoms with Gasteiger partial charge in [-0.05, 0) is 50.3 Å². The molecule has 5 heteroatoms. The van der Waals surface area contributed by atoms with Crippen molar-refractivity contribution in [2.45, 2.75) is 36.6 Å². The van der Waals surface area contributed by atoms with Crippen LogP contribution in [0.4, 0.5) is 5.69 Å². The van der Waals surface area contributed by atoms with E-state index in [2.05, 4.69) is 17.6 Å². The fourth-order valence-electron chi connectivity index (χ4n) is 2.41. The quantitative estimate of drug-likeness (QED) is 0.838. The van der Waals surface area contributed by atoms with Crippen LogP contribution in [0.2, 0.25) is 0 Å². The molecule has 1 saturated heterocycles. The maximum Gasteiger partial charge on any atom is 0.244 e. The molecule has 1 heterocycles. The van der Waals surface area contributed by atoms with Gasteiger partial charge in [0, 0.05) is 10.6 Å². The predicted molar refractivity (Wildman–Crippen MR) is 84.4 cm³/mol. The van der Waals surface area contributed by atoms with E-state index >= 15 is 0 Å². The zero-order chi connectivity index (χ0) is 13.0. The average molecular weight is 301 g/mol. The van der Waals surface area contributed by atoms with Crippen LogP contribution < -0.4 is 10.6 Å². The van der Waals surface area contributed by atoms with E-state index in [0.717, 1.165) is 36.4 Å². The lowest BCUT2D eigenvalue weighted by molar-refractivity contribution is -0.122. The first kappa shape index (κ1) is 16.3. The molecule has 0 radical (unpaired) electrons. The van der Waals surface area contributed by atoms with Gasteiger partial charge in [-0.15, -0.1) is 24.2 Å². The van der Waals surface area contributed by atoms with E-state index in [1.807, 2.05) is 30.5 Å². The average Bonchev–Trinajstić information content (AvgIpc) is 2.89. The summed E-state index contributed by atoms with van der Waals surface area (Å²) in [6.07, 6.45) is 4.87. The van der Waals surface area contributed by atoms with Crippen molar-refractivity contribution < 1.29 is 4.79 Å². The lowest BCUT2D eigenvalue weighted by atomic mass is 9.93. The van der Waals surface area contributed by atoms with E-state index in [4.69, 9.17) is 0 Å². The number of thioether (sulfide) groups is 1. The van der Waals surface area contributed by atoms with Crippen molar-refractivity contribution in [2.75, 3.05) is 18.1 Å². The van der Waals surface area contributed by atoms with Gasteiger partial charge in [0.2, 0.25) is 5.91 Å². The van der Waals surface area contributed by atoms with Gasteiger partial charge < -0.3 is 10.6 Å². The summed E-state index contributed by atoms with van der Waals surface area (Å²) in [4.78, 5) is 13.6. The molecule has 1 aliphatic rings. The molecule has 19 heavy (non-hydrogen) atoms. The molecular formula is C14H21ClN2OS. The van der Waals surface area contributed by atoms with E-state index in [9.17, 15) is 4.79 Å². The van der Waals surface area contributed by atoms with Crippen molar-refractivity contribution in [2.24, 2.45) is 0 Å². The summed E-state index contributed by atoms with van der Waals surface area (Å²) >= 11 is 1.68. The Hall–Kier alpha value is -0.710. The summed E-state index contributed by atoms with van der Waals surface area (Å²) in [5.41, 5.74) is 0.517. The molecule has 106 valence electrons. The summed E-state index contributed by atoms with van der Waals surface area (Å²) in [5, 5.41) is 6.39. The molecule has 1 amide bonds. The van der Waals surface area contributed by atoms with Crippen molar-refractivity contribution in [3.8, 4) is 0 Å². The second-order valence-corrected chi connectivity index (χ2v) is 5.53. The maximum atomic E-state index is 12.4. The van der Waals surface area contributed by atoms with Crippen LogP contribution in [-0.4, -0.2) is 24.2 Å². The van der Waals surface area contributed by atoms with Crippen molar-refractivity contribution in [3.05, 3.63) is 24.3 Å². The molecule has 0 aliphatic carbocycles. The van der Waals surface area contributed by atoms with Crippen molar-refractivity contribution in [1.82, 2.24) is 5.32 Å². The molecule has 1 aliphatic heterocycles. The van der Waals surface area contributed by atoms with Gasteiger partial charge in [-0.3, -0.25) is 4.79 Å². The molecule has 0 aromatic heterocycles. The van der Waals surface area contributed by atoms with Crippen LogP contribution in [0, 0.1) is 0 Å². The number of hydrogen-bond donors (Lipinski definition) is 2. The van der Waals surface area contributed by atoms with Crippen LogP contribution in [0.5, 0.6) is 0 Å². The highest BCUT2D eigenvalue weighted by molar-refractivity contribution is 7.98. The highest BCUT2D eigenvalue weighted by Crippen LogP contribution is 2.26. The number of carbonyl (C=O) groups is 1. The van der Waals surface area contributed by atoms with E-state index in [1.54, 1.807) is 11.8 Å². The number of hydrogen-bond acceptors (Lipinski definition) is 3. The van der Waals surface area contributed by atoms with Gasteiger partial charge in [-0.25, -0.2) is 0 Å². The fraction of sp³-hybridized carbons (Fsp3) is 0.500. The minimum Gasteiger partial charge on any atom is -0.324 e. The minimum absolute atomic E-state index is 0. The Morgan fingerprint density at radius 2 is 2.32 bits per heavy atom. The largest absolute Gasteiger partial charge is 0.324 e. The second-order valence-electron chi connectivity index (χ2n) is 4.65. The minimum atomic E-state index is -0.366. The Labute approximate surface area is 125 Å². The topological polar surface area (TPSA) is 41.1 Å². The van der Waals surface area contributed by atoms with Gasteiger partial charge in [0.15, 0.2) is 0 Å². The van der Waals surface area contributed by atoms with Gasteiger partial charge in [-0.2, -0.15) is 0 Å². The molecule has 1 aromatic rings. The monoisotopic (exact) mass is 300 g/mol. The number of halogens is 1. The molecule has 1 atom stereocenters. The first-order chi connectivity index (χ1) is 8.70. The number of anilines is 1. The number of rotatable bonds is 4. The normalized spacial score (nSPS) is 21.8. The molecule has 1 aromatic carbocycles. The molecule has 0 bridgehead atoms. The molecule has 1 unspecified atom stereocenters. The number of amides is 1. The highest BCUT2D eigenvalue weighted by Gasteiger charge is 2.38. The van der Waals surface area contributed by atoms with Gasteiger partial charge in [0.1, 0.15) is 0 Å². The van der Waals surface area contributed by atoms with E-state index < -0.39 is 0 Å². The zero-order valence-corrected chi connectivity index (χ0v) is 13.0. The fourth-order valence-corrected chi connectivity index (χ4v) is 2.87. The van der Waals surface area contributed by atoms with Crippen LogP contribution in [0.1, 0.15) is 26.2 Å². The second kappa shape index (κ2) is 7.17. The third kappa shape index (κ3) is 3.65. The Balaban J connectivity index is 0.00000180. The molecule has 1 fully saturated rings. The summed E-state index contributed by atoms with van der Waals surface area (Å²) in [6.45, 7) is 3.00. The van der Waals surface area contributed by atoms with Gasteiger partial charge in [0.05, 0.1) is 5.54 Å². The van der Waals surface area contributed by atoms with Crippen LogP contribution in [0.15, 0.2) is 29.2 Å². The lowest BCUT2D eigenvalue weighted by Gasteiger charge is -2.26. The molecule has 2 rings (SSSR count). The molecule has 0 saturated carbocycles. The maximum absolute atomic E-state index is 12.4. The molecule has 2 N–H and O–H groups in total. The third-order valence-corrected chi connectivity index (χ3v) is 4.33. The van der Waals surface area contributed by atoms with Gasteiger partial charge in [-0.1, -0.05) is 13.0 Å². The van der Waals surface area contributed by atoms with E-state index in [0.29, 0.717) is 0 Å². The third-order valence-electron chi connectivity index (χ3n) is 3.61. The first-order valence-electron chi connectivity index (χ1n) is 6.41. The summed E-state index contributed by atoms with van der Waals surface area (Å²) in [5.74, 6) is 0.0979. The summed E-state index contributed by atoms with van der Waals surface area (Å²) in [6, 6.07) is 7.97. The highest BCUT2D eigenvalue weighted by atomic mass is 35.5. The Morgan fingerprint density at radius 3 is 2.89 bits per heavy atom.